The van der Waals surface area contributed by atoms with Crippen LogP contribution in [0.2, 0.25) is 0 Å². The maximum atomic E-state index is 12.7. The lowest BCUT2D eigenvalue weighted by molar-refractivity contribution is 0.254. The van der Waals surface area contributed by atoms with Gasteiger partial charge in [0.2, 0.25) is 0 Å². The van der Waals surface area contributed by atoms with Crippen molar-refractivity contribution in [3.05, 3.63) is 30.1 Å². The monoisotopic (exact) mass is 272 g/mol. The number of sulfone groups is 1. The molecule has 0 amide bonds. The van der Waals surface area contributed by atoms with Crippen molar-refractivity contribution in [3.8, 4) is 0 Å². The van der Waals surface area contributed by atoms with Gasteiger partial charge >= 0.3 is 0 Å². The summed E-state index contributed by atoms with van der Waals surface area (Å²) in [6.45, 7) is 4.08. The topological polar surface area (TPSA) is 49.4 Å². The van der Waals surface area contributed by atoms with E-state index in [0.717, 1.165) is 26.2 Å². The maximum Gasteiger partial charge on any atom is 0.179 e. The zero-order valence-corrected chi connectivity index (χ0v) is 10.9. The summed E-state index contributed by atoms with van der Waals surface area (Å²) >= 11 is 0. The van der Waals surface area contributed by atoms with Crippen molar-refractivity contribution in [2.45, 2.75) is 4.90 Å². The Kier molecular flexibility index (Phi) is 4.31. The van der Waals surface area contributed by atoms with Crippen LogP contribution in [0.5, 0.6) is 0 Å². The predicted octanol–water partition coefficient (Wildman–Crippen LogP) is 0.505. The second kappa shape index (κ2) is 5.77. The van der Waals surface area contributed by atoms with Gasteiger partial charge in [0.15, 0.2) is 9.84 Å². The van der Waals surface area contributed by atoms with Crippen LogP contribution in [0, 0.1) is 5.82 Å². The van der Waals surface area contributed by atoms with Gasteiger partial charge in [-0.15, -0.1) is 0 Å². The summed E-state index contributed by atoms with van der Waals surface area (Å²) in [7, 11) is -3.31. The van der Waals surface area contributed by atoms with Crippen molar-refractivity contribution in [1.29, 1.82) is 0 Å². The summed E-state index contributed by atoms with van der Waals surface area (Å²) in [4.78, 5) is 2.32. The zero-order chi connectivity index (χ0) is 13.0. The molecule has 0 spiro atoms. The largest absolute Gasteiger partial charge is 0.314 e. The van der Waals surface area contributed by atoms with Crippen LogP contribution in [0.3, 0.4) is 0 Å². The summed E-state index contributed by atoms with van der Waals surface area (Å²) < 4.78 is 36.8. The van der Waals surface area contributed by atoms with E-state index in [-0.39, 0.29) is 10.6 Å². The molecule has 1 aromatic carbocycles. The molecule has 1 aliphatic heterocycles. The number of rotatable bonds is 4. The first-order chi connectivity index (χ1) is 8.58. The van der Waals surface area contributed by atoms with Crippen molar-refractivity contribution in [1.82, 2.24) is 10.2 Å². The van der Waals surface area contributed by atoms with Crippen LogP contribution < -0.4 is 5.32 Å². The van der Waals surface area contributed by atoms with Gasteiger partial charge in [-0.2, -0.15) is 0 Å². The summed E-state index contributed by atoms with van der Waals surface area (Å²) in [5, 5.41) is 3.22. The Morgan fingerprint density at radius 1 is 1.17 bits per heavy atom. The van der Waals surface area contributed by atoms with Crippen LogP contribution in [0.25, 0.3) is 0 Å². The molecule has 0 bridgehead atoms. The third kappa shape index (κ3) is 3.51. The molecule has 100 valence electrons. The number of piperazine rings is 1. The van der Waals surface area contributed by atoms with E-state index in [1.54, 1.807) is 0 Å². The van der Waals surface area contributed by atoms with Crippen molar-refractivity contribution < 1.29 is 12.8 Å². The standard InChI is InChI=1S/C12H17FN2O2S/c13-11-1-3-12(4-2-11)18(16,17)10-9-15-7-5-14-6-8-15/h1-4,14H,5-10H2. The first-order valence-corrected chi connectivity index (χ1v) is 7.64. The Hall–Kier alpha value is -0.980. The number of benzene rings is 1. The highest BCUT2D eigenvalue weighted by atomic mass is 32.2. The average Bonchev–Trinajstić information content (AvgIpc) is 2.38. The highest BCUT2D eigenvalue weighted by Crippen LogP contribution is 2.12. The van der Waals surface area contributed by atoms with E-state index in [1.165, 1.54) is 24.3 Å². The van der Waals surface area contributed by atoms with Crippen molar-refractivity contribution in [2.75, 3.05) is 38.5 Å². The second-order valence-electron chi connectivity index (χ2n) is 4.36. The molecule has 18 heavy (non-hydrogen) atoms. The third-order valence-corrected chi connectivity index (χ3v) is 4.77. The molecule has 0 atom stereocenters. The summed E-state index contributed by atoms with van der Waals surface area (Å²) in [6.07, 6.45) is 0. The van der Waals surface area contributed by atoms with Gasteiger partial charge in [0.05, 0.1) is 10.6 Å². The van der Waals surface area contributed by atoms with Gasteiger partial charge in [0.25, 0.3) is 0 Å². The minimum atomic E-state index is -3.31. The van der Waals surface area contributed by atoms with Crippen LogP contribution in [-0.2, 0) is 9.84 Å². The van der Waals surface area contributed by atoms with Gasteiger partial charge in [0, 0.05) is 32.7 Å². The van der Waals surface area contributed by atoms with E-state index >= 15 is 0 Å². The number of hydrogen-bond acceptors (Lipinski definition) is 4. The van der Waals surface area contributed by atoms with E-state index in [1.807, 2.05) is 0 Å². The fourth-order valence-electron chi connectivity index (χ4n) is 1.94. The normalized spacial score (nSPS) is 17.8. The number of halogens is 1. The molecule has 2 rings (SSSR count). The number of nitrogens with one attached hydrogen (secondary N) is 1. The summed E-state index contributed by atoms with van der Waals surface area (Å²) in [5.41, 5.74) is 0. The van der Waals surface area contributed by atoms with Crippen LogP contribution >= 0.6 is 0 Å². The lowest BCUT2D eigenvalue weighted by Gasteiger charge is -2.26. The molecule has 1 aromatic rings. The molecule has 0 unspecified atom stereocenters. The fourth-order valence-corrected chi connectivity index (χ4v) is 3.23. The molecule has 0 radical (unpaired) electrons. The molecule has 1 saturated heterocycles. The molecule has 4 nitrogen and oxygen atoms in total. The first kappa shape index (κ1) is 13.5. The van der Waals surface area contributed by atoms with Gasteiger partial charge in [0.1, 0.15) is 5.82 Å². The Morgan fingerprint density at radius 3 is 2.39 bits per heavy atom. The van der Waals surface area contributed by atoms with Gasteiger partial charge in [-0.25, -0.2) is 12.8 Å². The Balaban J connectivity index is 1.96. The molecule has 0 saturated carbocycles. The number of hydrogen-bond donors (Lipinski definition) is 1. The van der Waals surface area contributed by atoms with Gasteiger partial charge in [-0.1, -0.05) is 0 Å². The van der Waals surface area contributed by atoms with Crippen LogP contribution in [0.4, 0.5) is 4.39 Å². The maximum absolute atomic E-state index is 12.7. The van der Waals surface area contributed by atoms with E-state index in [9.17, 15) is 12.8 Å². The zero-order valence-electron chi connectivity index (χ0n) is 10.1. The molecule has 0 aromatic heterocycles. The van der Waals surface area contributed by atoms with E-state index < -0.39 is 15.7 Å². The minimum absolute atomic E-state index is 0.0820. The Morgan fingerprint density at radius 2 is 1.78 bits per heavy atom. The van der Waals surface area contributed by atoms with Crippen LogP contribution in [-0.4, -0.2) is 51.8 Å². The minimum Gasteiger partial charge on any atom is -0.314 e. The highest BCUT2D eigenvalue weighted by Gasteiger charge is 2.17. The van der Waals surface area contributed by atoms with Gasteiger partial charge in [-0.05, 0) is 24.3 Å². The predicted molar refractivity (Wildman–Crippen MR) is 67.8 cm³/mol. The molecular formula is C12H17FN2O2S. The number of nitrogens with zero attached hydrogens (tertiary/aromatic N) is 1. The average molecular weight is 272 g/mol. The molecule has 1 aliphatic rings. The first-order valence-electron chi connectivity index (χ1n) is 5.99. The second-order valence-corrected chi connectivity index (χ2v) is 6.47. The smallest absolute Gasteiger partial charge is 0.179 e. The quantitative estimate of drug-likeness (QED) is 0.811. The van der Waals surface area contributed by atoms with Crippen molar-refractivity contribution >= 4 is 9.84 Å². The highest BCUT2D eigenvalue weighted by molar-refractivity contribution is 7.91. The van der Waals surface area contributed by atoms with Crippen molar-refractivity contribution in [2.24, 2.45) is 0 Å². The van der Waals surface area contributed by atoms with Crippen LogP contribution in [0.15, 0.2) is 29.2 Å². The molecule has 1 fully saturated rings. The molecular weight excluding hydrogens is 255 g/mol. The van der Waals surface area contributed by atoms with Gasteiger partial charge < -0.3 is 5.32 Å². The summed E-state index contributed by atoms with van der Waals surface area (Å²) in [5.74, 6) is -0.338. The molecule has 0 aliphatic carbocycles. The van der Waals surface area contributed by atoms with Crippen molar-refractivity contribution in [3.63, 3.8) is 0 Å². The van der Waals surface area contributed by atoms with Gasteiger partial charge in [-0.3, -0.25) is 4.90 Å². The van der Waals surface area contributed by atoms with E-state index in [2.05, 4.69) is 10.2 Å². The lowest BCUT2D eigenvalue weighted by atomic mass is 10.3. The Bertz CT molecular complexity index is 481. The van der Waals surface area contributed by atoms with E-state index in [0.29, 0.717) is 6.54 Å². The molecule has 1 heterocycles. The third-order valence-electron chi connectivity index (χ3n) is 3.06. The Labute approximate surface area is 107 Å². The SMILES string of the molecule is O=S(=O)(CCN1CCNCC1)c1ccc(F)cc1. The fraction of sp³-hybridized carbons (Fsp3) is 0.500. The molecule has 1 N–H and O–H groups in total. The molecule has 6 heteroatoms. The van der Waals surface area contributed by atoms with Crippen LogP contribution in [0.1, 0.15) is 0 Å². The summed E-state index contributed by atoms with van der Waals surface area (Å²) in [6, 6.07) is 5.00. The lowest BCUT2D eigenvalue weighted by Crippen LogP contribution is -2.45. The van der Waals surface area contributed by atoms with E-state index in [4.69, 9.17) is 0 Å².